The molecule has 2 aromatic heterocycles. The van der Waals surface area contributed by atoms with Crippen molar-refractivity contribution in [2.24, 2.45) is 5.92 Å². The molecular weight excluding hydrogens is 340 g/mol. The maximum atomic E-state index is 12.8. The van der Waals surface area contributed by atoms with Gasteiger partial charge in [-0.3, -0.25) is 9.59 Å². The Bertz CT molecular complexity index is 1040. The molecule has 4 rings (SSSR count). The Labute approximate surface area is 157 Å². The summed E-state index contributed by atoms with van der Waals surface area (Å²) in [5.74, 6) is -0.230. The van der Waals surface area contributed by atoms with Crippen LogP contribution in [0.15, 0.2) is 42.6 Å². The van der Waals surface area contributed by atoms with Crippen LogP contribution < -0.4 is 10.6 Å². The largest absolute Gasteiger partial charge is 0.326 e. The van der Waals surface area contributed by atoms with Crippen LogP contribution in [0.4, 0.5) is 11.4 Å². The third-order valence-electron chi connectivity index (χ3n) is 4.95. The number of aromatic nitrogens is 2. The smallest absolute Gasteiger partial charge is 0.227 e. The summed E-state index contributed by atoms with van der Waals surface area (Å²) < 4.78 is 2.10. The lowest BCUT2D eigenvalue weighted by atomic mass is 9.89. The molecular formula is C21H22N4O2. The molecule has 0 fully saturated rings. The molecule has 0 spiro atoms. The Morgan fingerprint density at radius 2 is 1.93 bits per heavy atom. The minimum absolute atomic E-state index is 0.00249. The van der Waals surface area contributed by atoms with Gasteiger partial charge in [0.05, 0.1) is 5.69 Å². The van der Waals surface area contributed by atoms with E-state index in [-0.39, 0.29) is 17.7 Å². The molecule has 2 heterocycles. The number of nitrogens with zero attached hydrogens (tertiary/aromatic N) is 2. The van der Waals surface area contributed by atoms with E-state index in [9.17, 15) is 9.59 Å². The van der Waals surface area contributed by atoms with E-state index in [1.807, 2.05) is 18.3 Å². The molecule has 6 heteroatoms. The van der Waals surface area contributed by atoms with E-state index in [2.05, 4.69) is 34.1 Å². The van der Waals surface area contributed by atoms with Crippen molar-refractivity contribution in [3.05, 3.63) is 59.5 Å². The molecule has 1 atom stereocenters. The number of nitrogens with one attached hydrogen (secondary N) is 2. The monoisotopic (exact) mass is 362 g/mol. The summed E-state index contributed by atoms with van der Waals surface area (Å²) in [6, 6.07) is 11.3. The lowest BCUT2D eigenvalue weighted by Gasteiger charge is -2.21. The number of anilines is 2. The molecule has 6 nitrogen and oxygen atoms in total. The number of pyridine rings is 1. The summed E-state index contributed by atoms with van der Waals surface area (Å²) in [7, 11) is 0. The van der Waals surface area contributed by atoms with Crippen molar-refractivity contribution in [3.8, 4) is 0 Å². The van der Waals surface area contributed by atoms with Gasteiger partial charge in [0.25, 0.3) is 0 Å². The molecule has 0 saturated heterocycles. The number of benzene rings is 1. The van der Waals surface area contributed by atoms with Crippen LogP contribution in [-0.2, 0) is 22.4 Å². The minimum atomic E-state index is -0.138. The summed E-state index contributed by atoms with van der Waals surface area (Å²) in [5.41, 5.74) is 5.71. The van der Waals surface area contributed by atoms with E-state index < -0.39 is 0 Å². The number of fused-ring (bicyclic) bond motifs is 3. The van der Waals surface area contributed by atoms with Crippen LogP contribution in [-0.4, -0.2) is 21.2 Å². The van der Waals surface area contributed by atoms with Crippen molar-refractivity contribution in [2.75, 3.05) is 10.6 Å². The molecule has 1 aromatic carbocycles. The molecule has 0 aliphatic heterocycles. The summed E-state index contributed by atoms with van der Waals surface area (Å²) in [5, 5.41) is 5.72. The zero-order valence-corrected chi connectivity index (χ0v) is 15.5. The SMILES string of the molecule is CC(=O)Nc1cccc(NC(=O)C2CCc3nc4cc(C)ccn4c3C2)c1. The van der Waals surface area contributed by atoms with Crippen molar-refractivity contribution in [3.63, 3.8) is 0 Å². The molecule has 2 N–H and O–H groups in total. The number of carbonyl (C=O) groups excluding carboxylic acids is 2. The van der Waals surface area contributed by atoms with Gasteiger partial charge in [0.2, 0.25) is 11.8 Å². The molecule has 27 heavy (non-hydrogen) atoms. The first-order valence-corrected chi connectivity index (χ1v) is 9.14. The fourth-order valence-corrected chi connectivity index (χ4v) is 3.65. The zero-order valence-electron chi connectivity index (χ0n) is 15.5. The second kappa shape index (κ2) is 6.87. The van der Waals surface area contributed by atoms with Gasteiger partial charge < -0.3 is 15.0 Å². The van der Waals surface area contributed by atoms with Crippen LogP contribution in [0.3, 0.4) is 0 Å². The van der Waals surface area contributed by atoms with Gasteiger partial charge in [0, 0.05) is 42.5 Å². The van der Waals surface area contributed by atoms with E-state index in [0.717, 1.165) is 29.9 Å². The van der Waals surface area contributed by atoms with Gasteiger partial charge in [-0.05, 0) is 55.7 Å². The molecule has 1 aliphatic carbocycles. The predicted molar refractivity (Wildman–Crippen MR) is 105 cm³/mol. The predicted octanol–water partition coefficient (Wildman–Crippen LogP) is 3.34. The number of amides is 2. The Hall–Kier alpha value is -3.15. The molecule has 0 saturated carbocycles. The number of imidazole rings is 1. The molecule has 2 amide bonds. The number of hydrogen-bond acceptors (Lipinski definition) is 3. The number of rotatable bonds is 3. The van der Waals surface area contributed by atoms with Crippen molar-refractivity contribution >= 4 is 28.8 Å². The normalized spacial score (nSPS) is 16.0. The second-order valence-electron chi connectivity index (χ2n) is 7.13. The fraction of sp³-hybridized carbons (Fsp3) is 0.286. The lowest BCUT2D eigenvalue weighted by Crippen LogP contribution is -2.28. The van der Waals surface area contributed by atoms with E-state index in [1.54, 1.807) is 12.1 Å². The van der Waals surface area contributed by atoms with Crippen molar-refractivity contribution in [1.29, 1.82) is 0 Å². The quantitative estimate of drug-likeness (QED) is 0.750. The minimum Gasteiger partial charge on any atom is -0.326 e. The topological polar surface area (TPSA) is 75.5 Å². The number of aryl methyl sites for hydroxylation is 2. The van der Waals surface area contributed by atoms with Gasteiger partial charge in [0.15, 0.2) is 0 Å². The summed E-state index contributed by atoms with van der Waals surface area (Å²) in [6.07, 6.45) is 4.30. The Morgan fingerprint density at radius 1 is 1.15 bits per heavy atom. The number of hydrogen-bond donors (Lipinski definition) is 2. The Balaban J connectivity index is 1.51. The van der Waals surface area contributed by atoms with Crippen LogP contribution in [0, 0.1) is 12.8 Å². The highest BCUT2D eigenvalue weighted by Gasteiger charge is 2.28. The van der Waals surface area contributed by atoms with E-state index in [1.165, 1.54) is 12.5 Å². The van der Waals surface area contributed by atoms with Gasteiger partial charge in [-0.25, -0.2) is 4.98 Å². The summed E-state index contributed by atoms with van der Waals surface area (Å²) in [6.45, 7) is 3.52. The van der Waals surface area contributed by atoms with Gasteiger partial charge in [-0.15, -0.1) is 0 Å². The van der Waals surface area contributed by atoms with Gasteiger partial charge >= 0.3 is 0 Å². The fourth-order valence-electron chi connectivity index (χ4n) is 3.65. The number of carbonyl (C=O) groups is 2. The zero-order chi connectivity index (χ0) is 19.0. The van der Waals surface area contributed by atoms with E-state index in [0.29, 0.717) is 17.8 Å². The summed E-state index contributed by atoms with van der Waals surface area (Å²) >= 11 is 0. The van der Waals surface area contributed by atoms with Gasteiger partial charge in [0.1, 0.15) is 5.65 Å². The second-order valence-corrected chi connectivity index (χ2v) is 7.13. The third kappa shape index (κ3) is 3.56. The van der Waals surface area contributed by atoms with Crippen LogP contribution in [0.2, 0.25) is 0 Å². The van der Waals surface area contributed by atoms with Gasteiger partial charge in [-0.2, -0.15) is 0 Å². The highest BCUT2D eigenvalue weighted by molar-refractivity contribution is 5.94. The van der Waals surface area contributed by atoms with Crippen LogP contribution in [0.1, 0.15) is 30.3 Å². The van der Waals surface area contributed by atoms with E-state index >= 15 is 0 Å². The molecule has 1 unspecified atom stereocenters. The summed E-state index contributed by atoms with van der Waals surface area (Å²) in [4.78, 5) is 28.7. The molecule has 0 bridgehead atoms. The highest BCUT2D eigenvalue weighted by Crippen LogP contribution is 2.28. The molecule has 0 radical (unpaired) electrons. The lowest BCUT2D eigenvalue weighted by molar-refractivity contribution is -0.120. The van der Waals surface area contributed by atoms with Crippen molar-refractivity contribution in [1.82, 2.24) is 9.38 Å². The average Bonchev–Trinajstić information content (AvgIpc) is 2.97. The van der Waals surface area contributed by atoms with E-state index in [4.69, 9.17) is 4.98 Å². The molecule has 3 aromatic rings. The van der Waals surface area contributed by atoms with Crippen LogP contribution in [0.5, 0.6) is 0 Å². The first-order chi connectivity index (χ1) is 13.0. The highest BCUT2D eigenvalue weighted by atomic mass is 16.2. The third-order valence-corrected chi connectivity index (χ3v) is 4.95. The standard InChI is InChI=1S/C21H22N4O2/c1-13-8-9-25-19-11-15(6-7-18(19)24-20(25)10-13)21(27)23-17-5-3-4-16(12-17)22-14(2)26/h3-5,8-10,12,15H,6-7,11H2,1-2H3,(H,22,26)(H,23,27). The Morgan fingerprint density at radius 3 is 2.70 bits per heavy atom. The van der Waals surface area contributed by atoms with Crippen LogP contribution >= 0.6 is 0 Å². The molecule has 138 valence electrons. The van der Waals surface area contributed by atoms with Crippen molar-refractivity contribution < 1.29 is 9.59 Å². The Kier molecular flexibility index (Phi) is 4.39. The van der Waals surface area contributed by atoms with Gasteiger partial charge in [-0.1, -0.05) is 6.07 Å². The maximum Gasteiger partial charge on any atom is 0.227 e. The van der Waals surface area contributed by atoms with Crippen molar-refractivity contribution in [2.45, 2.75) is 33.1 Å². The average molecular weight is 362 g/mol. The first kappa shape index (κ1) is 17.3. The first-order valence-electron chi connectivity index (χ1n) is 9.14. The maximum absolute atomic E-state index is 12.8. The van der Waals surface area contributed by atoms with Crippen LogP contribution in [0.25, 0.3) is 5.65 Å². The molecule has 1 aliphatic rings.